The quantitative estimate of drug-likeness (QED) is 0.301. The smallest absolute Gasteiger partial charge is 0.336 e. The standard InChI is InChI=1S/C23H15ClN2O6/c1-12-6-18-15(8-16(12)24)13(7-19(27)31-18)10-30-20(28)9-26-11-25-21-14-4-2-3-5-17(14)32-22(21)23(26)29/h2-8,11H,9-10H2,1H3. The van der Waals surface area contributed by atoms with E-state index in [1.54, 1.807) is 37.3 Å². The second-order valence-electron chi connectivity index (χ2n) is 7.30. The normalized spacial score (nSPS) is 11.4. The van der Waals surface area contributed by atoms with Crippen molar-refractivity contribution in [1.29, 1.82) is 0 Å². The summed E-state index contributed by atoms with van der Waals surface area (Å²) in [7, 11) is 0. The first-order valence-electron chi connectivity index (χ1n) is 9.66. The third-order valence-corrected chi connectivity index (χ3v) is 5.56. The lowest BCUT2D eigenvalue weighted by molar-refractivity contribution is -0.145. The summed E-state index contributed by atoms with van der Waals surface area (Å²) in [5.41, 5.74) is 1.53. The number of nitrogens with zero attached hydrogens (tertiary/aromatic N) is 2. The van der Waals surface area contributed by atoms with Crippen LogP contribution in [0.4, 0.5) is 0 Å². The zero-order chi connectivity index (χ0) is 22.4. The zero-order valence-corrected chi connectivity index (χ0v) is 17.5. The number of aromatic nitrogens is 2. The highest BCUT2D eigenvalue weighted by molar-refractivity contribution is 6.32. The van der Waals surface area contributed by atoms with Crippen LogP contribution in [0.15, 0.2) is 67.2 Å². The van der Waals surface area contributed by atoms with Crippen molar-refractivity contribution in [2.24, 2.45) is 0 Å². The van der Waals surface area contributed by atoms with E-state index in [1.165, 1.54) is 12.4 Å². The van der Waals surface area contributed by atoms with Crippen LogP contribution in [0.3, 0.4) is 0 Å². The molecule has 3 aromatic heterocycles. The summed E-state index contributed by atoms with van der Waals surface area (Å²) in [5, 5.41) is 1.78. The van der Waals surface area contributed by atoms with E-state index in [2.05, 4.69) is 4.98 Å². The maximum atomic E-state index is 12.7. The molecule has 160 valence electrons. The van der Waals surface area contributed by atoms with E-state index < -0.39 is 17.2 Å². The summed E-state index contributed by atoms with van der Waals surface area (Å²) in [6, 6.07) is 11.7. The van der Waals surface area contributed by atoms with Crippen LogP contribution in [0.5, 0.6) is 0 Å². The number of rotatable bonds is 4. The van der Waals surface area contributed by atoms with Crippen molar-refractivity contribution in [2.45, 2.75) is 20.1 Å². The third kappa shape index (κ3) is 3.44. The summed E-state index contributed by atoms with van der Waals surface area (Å²) in [4.78, 5) is 41.3. The number of esters is 1. The molecule has 3 heterocycles. The van der Waals surface area contributed by atoms with Gasteiger partial charge in [-0.15, -0.1) is 0 Å². The van der Waals surface area contributed by atoms with Crippen LogP contribution in [-0.4, -0.2) is 15.5 Å². The van der Waals surface area contributed by atoms with Crippen molar-refractivity contribution in [3.63, 3.8) is 0 Å². The molecule has 5 rings (SSSR count). The molecule has 0 radical (unpaired) electrons. The van der Waals surface area contributed by atoms with Gasteiger partial charge in [-0.05, 0) is 36.8 Å². The number of para-hydroxylation sites is 1. The highest BCUT2D eigenvalue weighted by atomic mass is 35.5. The number of carbonyl (C=O) groups excluding carboxylic acids is 1. The van der Waals surface area contributed by atoms with Gasteiger partial charge in [0.05, 0.1) is 6.33 Å². The van der Waals surface area contributed by atoms with E-state index in [9.17, 15) is 14.4 Å². The third-order valence-electron chi connectivity index (χ3n) is 5.15. The van der Waals surface area contributed by atoms with Crippen molar-refractivity contribution in [2.75, 3.05) is 0 Å². The number of furan rings is 1. The molecule has 2 aromatic carbocycles. The van der Waals surface area contributed by atoms with Gasteiger partial charge in [0.1, 0.15) is 29.8 Å². The lowest BCUT2D eigenvalue weighted by atomic mass is 10.1. The van der Waals surface area contributed by atoms with Crippen LogP contribution in [0.25, 0.3) is 33.0 Å². The summed E-state index contributed by atoms with van der Waals surface area (Å²) in [6.45, 7) is 1.24. The first kappa shape index (κ1) is 20.0. The van der Waals surface area contributed by atoms with Gasteiger partial charge in [-0.3, -0.25) is 14.2 Å². The second-order valence-corrected chi connectivity index (χ2v) is 7.71. The van der Waals surface area contributed by atoms with Crippen LogP contribution in [-0.2, 0) is 22.7 Å². The Morgan fingerprint density at radius 3 is 2.75 bits per heavy atom. The summed E-state index contributed by atoms with van der Waals surface area (Å²) in [5.74, 6) is -0.677. The summed E-state index contributed by atoms with van der Waals surface area (Å²) < 4.78 is 17.2. The predicted octanol–water partition coefficient (Wildman–Crippen LogP) is 3.95. The van der Waals surface area contributed by atoms with Crippen molar-refractivity contribution in [3.8, 4) is 0 Å². The van der Waals surface area contributed by atoms with Gasteiger partial charge in [0.15, 0.2) is 0 Å². The predicted molar refractivity (Wildman–Crippen MR) is 118 cm³/mol. The minimum atomic E-state index is -0.677. The van der Waals surface area contributed by atoms with E-state index in [4.69, 9.17) is 25.2 Å². The molecule has 0 unspecified atom stereocenters. The van der Waals surface area contributed by atoms with Gasteiger partial charge >= 0.3 is 11.6 Å². The number of halogens is 1. The molecule has 0 amide bonds. The second kappa shape index (κ2) is 7.65. The lowest BCUT2D eigenvalue weighted by Gasteiger charge is -2.09. The first-order chi connectivity index (χ1) is 15.4. The maximum absolute atomic E-state index is 12.7. The Kier molecular flexibility index (Phi) is 4.79. The minimum absolute atomic E-state index is 0.0678. The molecule has 0 bridgehead atoms. The Morgan fingerprint density at radius 1 is 1.09 bits per heavy atom. The fourth-order valence-electron chi connectivity index (χ4n) is 3.54. The van der Waals surface area contributed by atoms with Crippen LogP contribution >= 0.6 is 11.6 Å². The van der Waals surface area contributed by atoms with Crippen molar-refractivity contribution < 1.29 is 18.4 Å². The van der Waals surface area contributed by atoms with Gasteiger partial charge in [-0.2, -0.15) is 0 Å². The molecule has 8 nitrogen and oxygen atoms in total. The van der Waals surface area contributed by atoms with Gasteiger partial charge in [0.25, 0.3) is 5.56 Å². The van der Waals surface area contributed by atoms with Gasteiger partial charge in [0, 0.05) is 27.4 Å². The molecular weight excluding hydrogens is 436 g/mol. The fourth-order valence-corrected chi connectivity index (χ4v) is 3.70. The average Bonchev–Trinajstić information content (AvgIpc) is 3.15. The summed E-state index contributed by atoms with van der Waals surface area (Å²) in [6.07, 6.45) is 1.28. The Bertz CT molecular complexity index is 1650. The van der Waals surface area contributed by atoms with E-state index >= 15 is 0 Å². The molecule has 0 aliphatic rings. The first-order valence-corrected chi connectivity index (χ1v) is 10.0. The van der Waals surface area contributed by atoms with Gasteiger partial charge in [-0.25, -0.2) is 9.78 Å². The number of carbonyl (C=O) groups is 1. The van der Waals surface area contributed by atoms with Crippen LogP contribution in [0.2, 0.25) is 5.02 Å². The topological polar surface area (TPSA) is 105 Å². The molecular formula is C23H15ClN2O6. The van der Waals surface area contributed by atoms with Crippen LogP contribution < -0.4 is 11.2 Å². The number of ether oxygens (including phenoxy) is 1. The molecule has 0 spiro atoms. The molecule has 9 heteroatoms. The van der Waals surface area contributed by atoms with Gasteiger partial charge < -0.3 is 13.6 Å². The van der Waals surface area contributed by atoms with Crippen molar-refractivity contribution >= 4 is 50.6 Å². The monoisotopic (exact) mass is 450 g/mol. The number of hydrogen-bond donors (Lipinski definition) is 0. The molecule has 32 heavy (non-hydrogen) atoms. The fraction of sp³-hybridized carbons (Fsp3) is 0.130. The minimum Gasteiger partial charge on any atom is -0.459 e. The van der Waals surface area contributed by atoms with E-state index in [0.29, 0.717) is 32.7 Å². The average molecular weight is 451 g/mol. The molecule has 0 saturated heterocycles. The van der Waals surface area contributed by atoms with Gasteiger partial charge in [0.2, 0.25) is 5.58 Å². The molecule has 0 aliphatic heterocycles. The lowest BCUT2D eigenvalue weighted by Crippen LogP contribution is -2.25. The van der Waals surface area contributed by atoms with Gasteiger partial charge in [-0.1, -0.05) is 23.7 Å². The Hall–Kier alpha value is -3.91. The van der Waals surface area contributed by atoms with E-state index in [-0.39, 0.29) is 18.7 Å². The number of aryl methyl sites for hydroxylation is 1. The summed E-state index contributed by atoms with van der Waals surface area (Å²) >= 11 is 6.18. The zero-order valence-electron chi connectivity index (χ0n) is 16.8. The number of benzene rings is 2. The van der Waals surface area contributed by atoms with E-state index in [1.807, 2.05) is 6.07 Å². The highest BCUT2D eigenvalue weighted by Gasteiger charge is 2.16. The molecule has 0 fully saturated rings. The molecule has 0 N–H and O–H groups in total. The molecule has 5 aromatic rings. The highest BCUT2D eigenvalue weighted by Crippen LogP contribution is 2.26. The SMILES string of the molecule is Cc1cc2oc(=O)cc(COC(=O)Cn3cnc4c(oc5ccccc54)c3=O)c2cc1Cl. The maximum Gasteiger partial charge on any atom is 0.336 e. The Labute approximate surface area is 184 Å². The molecule has 0 atom stereocenters. The van der Waals surface area contributed by atoms with Crippen LogP contribution in [0, 0.1) is 6.92 Å². The number of fused-ring (bicyclic) bond motifs is 4. The van der Waals surface area contributed by atoms with Crippen molar-refractivity contribution in [3.05, 3.63) is 85.7 Å². The molecule has 0 aliphatic carbocycles. The van der Waals surface area contributed by atoms with E-state index in [0.717, 1.165) is 15.5 Å². The number of hydrogen-bond acceptors (Lipinski definition) is 7. The molecule has 0 saturated carbocycles. The Morgan fingerprint density at radius 2 is 1.91 bits per heavy atom. The van der Waals surface area contributed by atoms with Crippen LogP contribution in [0.1, 0.15) is 11.1 Å². The Balaban J connectivity index is 1.40. The largest absolute Gasteiger partial charge is 0.459 e. The van der Waals surface area contributed by atoms with Crippen molar-refractivity contribution in [1.82, 2.24) is 9.55 Å².